The fourth-order valence-corrected chi connectivity index (χ4v) is 8.87. The third-order valence-electron chi connectivity index (χ3n) is 11.1. The smallest absolute Gasteiger partial charge is 0.0547 e. The van der Waals surface area contributed by atoms with Crippen molar-refractivity contribution in [1.82, 2.24) is 4.57 Å². The van der Waals surface area contributed by atoms with Gasteiger partial charge < -0.3 is 4.57 Å². The van der Waals surface area contributed by atoms with Crippen LogP contribution in [0.2, 0.25) is 0 Å². The first kappa shape index (κ1) is 25.2. The molecule has 7 aromatic carbocycles. The van der Waals surface area contributed by atoms with E-state index in [9.17, 15) is 0 Å². The van der Waals surface area contributed by atoms with E-state index in [4.69, 9.17) is 0 Å². The summed E-state index contributed by atoms with van der Waals surface area (Å²) in [6.07, 6.45) is 0. The van der Waals surface area contributed by atoms with Crippen LogP contribution in [0.25, 0.3) is 71.3 Å². The fraction of sp³-hybridized carbons (Fsp3) is 0.136. The zero-order valence-corrected chi connectivity index (χ0v) is 26.1. The van der Waals surface area contributed by atoms with Gasteiger partial charge in [0, 0.05) is 27.3 Å². The molecule has 0 atom stereocenters. The Morgan fingerprint density at radius 3 is 1.33 bits per heavy atom. The summed E-state index contributed by atoms with van der Waals surface area (Å²) in [6.45, 7) is 9.60. The van der Waals surface area contributed by atoms with Crippen LogP contribution in [-0.4, -0.2) is 4.57 Å². The van der Waals surface area contributed by atoms with E-state index >= 15 is 0 Å². The lowest BCUT2D eigenvalue weighted by molar-refractivity contribution is 0.661. The topological polar surface area (TPSA) is 4.93 Å². The molecule has 0 N–H and O–H groups in total. The van der Waals surface area contributed by atoms with Crippen molar-refractivity contribution >= 4 is 43.4 Å². The van der Waals surface area contributed by atoms with E-state index in [0.717, 1.165) is 0 Å². The standard InChI is InChI=1S/C44H33N/c1-43(2)35-20-18-26-12-8-10-16-29(26)41(35)33-24-39-31(22-37(33)43)32-23-38-34(25-40(32)45(39)28-14-6-5-7-15-28)42-30-17-11-9-13-27(30)19-21-36(42)44(38,3)4/h5-25H,1-4H3. The first-order chi connectivity index (χ1) is 21.8. The van der Waals surface area contributed by atoms with E-state index in [-0.39, 0.29) is 10.8 Å². The van der Waals surface area contributed by atoms with Gasteiger partial charge in [0.1, 0.15) is 0 Å². The molecule has 1 heterocycles. The summed E-state index contributed by atoms with van der Waals surface area (Å²) >= 11 is 0. The van der Waals surface area contributed by atoms with Crippen LogP contribution < -0.4 is 0 Å². The highest BCUT2D eigenvalue weighted by atomic mass is 15.0. The van der Waals surface area contributed by atoms with Crippen molar-refractivity contribution in [2.75, 3.05) is 0 Å². The van der Waals surface area contributed by atoms with E-state index in [1.54, 1.807) is 0 Å². The molecule has 0 spiro atoms. The van der Waals surface area contributed by atoms with E-state index in [0.29, 0.717) is 0 Å². The second-order valence-corrected chi connectivity index (χ2v) is 14.2. The van der Waals surface area contributed by atoms with Gasteiger partial charge in [-0.05, 0) is 102 Å². The minimum absolute atomic E-state index is 0.0881. The van der Waals surface area contributed by atoms with Crippen LogP contribution in [0.5, 0.6) is 0 Å². The lowest BCUT2D eigenvalue weighted by Gasteiger charge is -2.22. The molecule has 0 bridgehead atoms. The summed E-state index contributed by atoms with van der Waals surface area (Å²) in [5.41, 5.74) is 14.8. The fourth-order valence-electron chi connectivity index (χ4n) is 8.87. The molecule has 0 saturated carbocycles. The van der Waals surface area contributed by atoms with Gasteiger partial charge in [-0.1, -0.05) is 119 Å². The van der Waals surface area contributed by atoms with Crippen molar-refractivity contribution in [1.29, 1.82) is 0 Å². The quantitative estimate of drug-likeness (QED) is 0.183. The van der Waals surface area contributed by atoms with Crippen molar-refractivity contribution in [3.63, 3.8) is 0 Å². The number of fused-ring (bicyclic) bond motifs is 13. The summed E-state index contributed by atoms with van der Waals surface area (Å²) in [6, 6.07) is 48.0. The van der Waals surface area contributed by atoms with Gasteiger partial charge in [-0.2, -0.15) is 0 Å². The maximum absolute atomic E-state index is 2.53. The Hall–Kier alpha value is -5.14. The average molecular weight is 576 g/mol. The Labute approximate surface area is 263 Å². The minimum atomic E-state index is -0.0881. The van der Waals surface area contributed by atoms with E-state index < -0.39 is 0 Å². The van der Waals surface area contributed by atoms with Gasteiger partial charge in [-0.25, -0.2) is 0 Å². The molecular weight excluding hydrogens is 542 g/mol. The molecule has 45 heavy (non-hydrogen) atoms. The number of rotatable bonds is 1. The van der Waals surface area contributed by atoms with Gasteiger partial charge >= 0.3 is 0 Å². The summed E-state index contributed by atoms with van der Waals surface area (Å²) in [5, 5.41) is 7.94. The second-order valence-electron chi connectivity index (χ2n) is 14.2. The van der Waals surface area contributed by atoms with Gasteiger partial charge in [0.25, 0.3) is 0 Å². The summed E-state index contributed by atoms with van der Waals surface area (Å²) in [7, 11) is 0. The largest absolute Gasteiger partial charge is 0.309 e. The molecule has 2 aliphatic carbocycles. The molecule has 1 heteroatoms. The van der Waals surface area contributed by atoms with Crippen molar-refractivity contribution in [2.24, 2.45) is 0 Å². The summed E-state index contributed by atoms with van der Waals surface area (Å²) < 4.78 is 2.51. The van der Waals surface area contributed by atoms with Crippen molar-refractivity contribution in [3.05, 3.63) is 150 Å². The average Bonchev–Trinajstić information content (AvgIpc) is 3.59. The highest BCUT2D eigenvalue weighted by Crippen LogP contribution is 2.56. The highest BCUT2D eigenvalue weighted by molar-refractivity contribution is 6.15. The predicted octanol–water partition coefficient (Wildman–Crippen LogP) is 11.7. The normalized spacial score (nSPS) is 15.5. The predicted molar refractivity (Wildman–Crippen MR) is 191 cm³/mol. The number of benzene rings is 7. The lowest BCUT2D eigenvalue weighted by Crippen LogP contribution is -2.15. The third kappa shape index (κ3) is 3.08. The Balaban J connectivity index is 1.37. The van der Waals surface area contributed by atoms with Gasteiger partial charge in [-0.15, -0.1) is 0 Å². The summed E-state index contributed by atoms with van der Waals surface area (Å²) in [5.74, 6) is 0. The molecule has 1 aromatic heterocycles. The molecule has 0 aliphatic heterocycles. The van der Waals surface area contributed by atoms with Crippen LogP contribution in [0.4, 0.5) is 0 Å². The van der Waals surface area contributed by atoms with E-state index in [1.807, 2.05) is 0 Å². The monoisotopic (exact) mass is 575 g/mol. The van der Waals surface area contributed by atoms with E-state index in [1.165, 1.54) is 93.5 Å². The van der Waals surface area contributed by atoms with Gasteiger partial charge in [-0.3, -0.25) is 0 Å². The Kier molecular flexibility index (Phi) is 4.66. The Morgan fingerprint density at radius 2 is 0.844 bits per heavy atom. The third-order valence-corrected chi connectivity index (χ3v) is 11.1. The van der Waals surface area contributed by atoms with Crippen molar-refractivity contribution in [3.8, 4) is 27.9 Å². The van der Waals surface area contributed by atoms with E-state index in [2.05, 4.69) is 160 Å². The molecule has 2 aliphatic rings. The van der Waals surface area contributed by atoms with Gasteiger partial charge in [0.2, 0.25) is 0 Å². The maximum Gasteiger partial charge on any atom is 0.0547 e. The molecule has 8 aromatic rings. The molecule has 1 nitrogen and oxygen atoms in total. The molecule has 0 fully saturated rings. The Bertz CT molecular complexity index is 2420. The molecule has 10 rings (SSSR count). The molecule has 0 amide bonds. The lowest BCUT2D eigenvalue weighted by atomic mass is 9.81. The van der Waals surface area contributed by atoms with Crippen molar-refractivity contribution < 1.29 is 0 Å². The van der Waals surface area contributed by atoms with Crippen molar-refractivity contribution in [2.45, 2.75) is 38.5 Å². The molecular formula is C44H33N. The van der Waals surface area contributed by atoms with Gasteiger partial charge in [0.15, 0.2) is 0 Å². The first-order valence-corrected chi connectivity index (χ1v) is 16.1. The first-order valence-electron chi connectivity index (χ1n) is 16.1. The van der Waals surface area contributed by atoms with Gasteiger partial charge in [0.05, 0.1) is 11.0 Å². The maximum atomic E-state index is 2.53. The van der Waals surface area contributed by atoms with Crippen LogP contribution in [0.3, 0.4) is 0 Å². The molecule has 0 unspecified atom stereocenters. The number of para-hydroxylation sites is 1. The Morgan fingerprint density at radius 1 is 0.400 bits per heavy atom. The molecule has 0 saturated heterocycles. The number of nitrogens with zero attached hydrogens (tertiary/aromatic N) is 1. The van der Waals surface area contributed by atoms with Crippen LogP contribution >= 0.6 is 0 Å². The van der Waals surface area contributed by atoms with Crippen LogP contribution in [-0.2, 0) is 10.8 Å². The molecule has 214 valence electrons. The SMILES string of the molecule is CC1(C)c2cc3c4cc5c(cc4n(-c4ccccc4)c3cc2-c2c1ccc1ccccc21)-c1c(ccc2ccccc12)C5(C)C. The zero-order valence-electron chi connectivity index (χ0n) is 26.1. The highest BCUT2D eigenvalue weighted by Gasteiger charge is 2.39. The molecule has 0 radical (unpaired) electrons. The zero-order chi connectivity index (χ0) is 30.2. The number of hydrogen-bond acceptors (Lipinski definition) is 0. The van der Waals surface area contributed by atoms with Crippen LogP contribution in [0.1, 0.15) is 49.9 Å². The second kappa shape index (κ2) is 8.31. The minimum Gasteiger partial charge on any atom is -0.309 e. The van der Waals surface area contributed by atoms with Crippen LogP contribution in [0.15, 0.2) is 127 Å². The van der Waals surface area contributed by atoms with Crippen LogP contribution in [0, 0.1) is 0 Å². The number of aromatic nitrogens is 1. The summed E-state index contributed by atoms with van der Waals surface area (Å²) in [4.78, 5) is 0. The number of hydrogen-bond donors (Lipinski definition) is 0.